The molecule has 5 nitrogen and oxygen atoms in total. The van der Waals surface area contributed by atoms with Crippen LogP contribution in [0.3, 0.4) is 0 Å². The van der Waals surface area contributed by atoms with Crippen LogP contribution in [0, 0.1) is 0 Å². The molecule has 2 aromatic heterocycles. The highest BCUT2D eigenvalue weighted by Crippen LogP contribution is 2.23. The van der Waals surface area contributed by atoms with E-state index in [0.717, 1.165) is 9.86 Å². The molecule has 100 valence electrons. The van der Waals surface area contributed by atoms with E-state index in [4.69, 9.17) is 8.83 Å². The number of hydrazone groups is 1. The molecule has 0 radical (unpaired) electrons. The van der Waals surface area contributed by atoms with Gasteiger partial charge in [-0.15, -0.1) is 0 Å². The molecule has 0 saturated heterocycles. The van der Waals surface area contributed by atoms with Gasteiger partial charge in [0.1, 0.15) is 11.3 Å². The Labute approximate surface area is 122 Å². The predicted octanol–water partition coefficient (Wildman–Crippen LogP) is 3.55. The highest BCUT2D eigenvalue weighted by molar-refractivity contribution is 9.10. The van der Waals surface area contributed by atoms with Gasteiger partial charge in [0, 0.05) is 9.86 Å². The van der Waals surface area contributed by atoms with E-state index < -0.39 is 5.91 Å². The summed E-state index contributed by atoms with van der Waals surface area (Å²) < 4.78 is 11.4. The van der Waals surface area contributed by atoms with Crippen LogP contribution in [-0.4, -0.2) is 12.1 Å². The summed E-state index contributed by atoms with van der Waals surface area (Å²) in [5, 5.41) is 4.64. The van der Waals surface area contributed by atoms with Gasteiger partial charge in [-0.2, -0.15) is 5.10 Å². The number of carbonyl (C=O) groups is 1. The van der Waals surface area contributed by atoms with Gasteiger partial charge >= 0.3 is 5.91 Å². The SMILES string of the molecule is O=C(N/N=C/c1ccco1)c1cc2cc(Br)ccc2o1. The summed E-state index contributed by atoms with van der Waals surface area (Å²) in [5.41, 5.74) is 3.02. The molecule has 3 aromatic rings. The first-order valence-corrected chi connectivity index (χ1v) is 6.58. The lowest BCUT2D eigenvalue weighted by Gasteiger charge is -1.93. The maximum atomic E-state index is 11.9. The Morgan fingerprint density at radius 3 is 3.00 bits per heavy atom. The van der Waals surface area contributed by atoms with Gasteiger partial charge in [-0.25, -0.2) is 5.43 Å². The number of halogens is 1. The van der Waals surface area contributed by atoms with Gasteiger partial charge in [0.15, 0.2) is 5.76 Å². The fraction of sp³-hybridized carbons (Fsp3) is 0. The molecule has 0 aliphatic heterocycles. The average Bonchev–Trinajstić information content (AvgIpc) is 3.06. The van der Waals surface area contributed by atoms with Gasteiger partial charge in [0.25, 0.3) is 0 Å². The zero-order valence-electron chi connectivity index (χ0n) is 10.2. The summed E-state index contributed by atoms with van der Waals surface area (Å²) in [7, 11) is 0. The number of hydrogen-bond donors (Lipinski definition) is 1. The molecule has 0 saturated carbocycles. The van der Waals surface area contributed by atoms with Crippen molar-refractivity contribution in [3.8, 4) is 0 Å². The van der Waals surface area contributed by atoms with E-state index >= 15 is 0 Å². The van der Waals surface area contributed by atoms with Crippen molar-refractivity contribution in [2.24, 2.45) is 5.10 Å². The van der Waals surface area contributed by atoms with Crippen molar-refractivity contribution in [2.75, 3.05) is 0 Å². The van der Waals surface area contributed by atoms with Gasteiger partial charge in [-0.3, -0.25) is 4.79 Å². The number of nitrogens with one attached hydrogen (secondary N) is 1. The average molecular weight is 333 g/mol. The molecular formula is C14H9BrN2O3. The summed E-state index contributed by atoms with van der Waals surface area (Å²) >= 11 is 3.37. The second-order valence-electron chi connectivity index (χ2n) is 4.01. The molecule has 1 amide bonds. The number of carbonyl (C=O) groups excluding carboxylic acids is 1. The summed E-state index contributed by atoms with van der Waals surface area (Å²) in [6.45, 7) is 0. The van der Waals surface area contributed by atoms with Gasteiger partial charge in [0.2, 0.25) is 0 Å². The van der Waals surface area contributed by atoms with E-state index in [1.54, 1.807) is 24.3 Å². The Balaban J connectivity index is 1.75. The van der Waals surface area contributed by atoms with Crippen molar-refractivity contribution in [3.05, 3.63) is 58.7 Å². The molecule has 2 heterocycles. The Hall–Kier alpha value is -2.34. The van der Waals surface area contributed by atoms with Crippen molar-refractivity contribution in [2.45, 2.75) is 0 Å². The van der Waals surface area contributed by atoms with Gasteiger partial charge in [-0.1, -0.05) is 15.9 Å². The van der Waals surface area contributed by atoms with Crippen molar-refractivity contribution >= 4 is 39.0 Å². The number of furan rings is 2. The van der Waals surface area contributed by atoms with Crippen molar-refractivity contribution in [1.29, 1.82) is 0 Å². The van der Waals surface area contributed by atoms with E-state index in [1.165, 1.54) is 12.5 Å². The van der Waals surface area contributed by atoms with Crippen molar-refractivity contribution in [1.82, 2.24) is 5.43 Å². The smallest absolute Gasteiger partial charge is 0.307 e. The van der Waals surface area contributed by atoms with Gasteiger partial charge in [0.05, 0.1) is 12.5 Å². The molecule has 0 aliphatic rings. The van der Waals surface area contributed by atoms with Crippen LogP contribution in [0.1, 0.15) is 16.3 Å². The Kier molecular flexibility index (Phi) is 3.39. The second-order valence-corrected chi connectivity index (χ2v) is 4.92. The minimum atomic E-state index is -0.417. The van der Waals surface area contributed by atoms with Crippen LogP contribution in [-0.2, 0) is 0 Å². The largest absolute Gasteiger partial charge is 0.463 e. The minimum absolute atomic E-state index is 0.203. The topological polar surface area (TPSA) is 67.7 Å². The van der Waals surface area contributed by atoms with E-state index in [-0.39, 0.29) is 5.76 Å². The van der Waals surface area contributed by atoms with Crippen LogP contribution in [0.4, 0.5) is 0 Å². The molecule has 0 bridgehead atoms. The zero-order valence-corrected chi connectivity index (χ0v) is 11.8. The first kappa shape index (κ1) is 12.7. The van der Waals surface area contributed by atoms with Crippen molar-refractivity contribution in [3.63, 3.8) is 0 Å². The molecule has 6 heteroatoms. The molecule has 1 aromatic carbocycles. The van der Waals surface area contributed by atoms with Crippen LogP contribution in [0.2, 0.25) is 0 Å². The first-order valence-electron chi connectivity index (χ1n) is 5.78. The monoisotopic (exact) mass is 332 g/mol. The van der Waals surface area contributed by atoms with E-state index in [1.807, 2.05) is 12.1 Å². The lowest BCUT2D eigenvalue weighted by atomic mass is 10.2. The number of amides is 1. The molecule has 20 heavy (non-hydrogen) atoms. The summed E-state index contributed by atoms with van der Waals surface area (Å²) in [6, 6.07) is 10.7. The van der Waals surface area contributed by atoms with E-state index in [2.05, 4.69) is 26.5 Å². The second kappa shape index (κ2) is 5.34. The number of fused-ring (bicyclic) bond motifs is 1. The highest BCUT2D eigenvalue weighted by Gasteiger charge is 2.11. The molecule has 0 fully saturated rings. The Morgan fingerprint density at radius 1 is 1.30 bits per heavy atom. The zero-order chi connectivity index (χ0) is 13.9. The summed E-state index contributed by atoms with van der Waals surface area (Å²) in [6.07, 6.45) is 2.94. The number of nitrogens with zero attached hydrogens (tertiary/aromatic N) is 1. The maximum absolute atomic E-state index is 11.9. The number of hydrogen-bond acceptors (Lipinski definition) is 4. The van der Waals surface area contributed by atoms with Crippen LogP contribution >= 0.6 is 15.9 Å². The standard InChI is InChI=1S/C14H9BrN2O3/c15-10-3-4-12-9(6-10)7-13(20-12)14(18)17-16-8-11-2-1-5-19-11/h1-8H,(H,17,18)/b16-8+. The lowest BCUT2D eigenvalue weighted by Crippen LogP contribution is -2.16. The normalized spacial score (nSPS) is 11.2. The van der Waals surface area contributed by atoms with Crippen molar-refractivity contribution < 1.29 is 13.6 Å². The van der Waals surface area contributed by atoms with Crippen LogP contribution in [0.5, 0.6) is 0 Å². The van der Waals surface area contributed by atoms with E-state index in [9.17, 15) is 4.79 Å². The Morgan fingerprint density at radius 2 is 2.20 bits per heavy atom. The third kappa shape index (κ3) is 2.65. The third-order valence-electron chi connectivity index (χ3n) is 2.60. The van der Waals surface area contributed by atoms with Crippen LogP contribution < -0.4 is 5.43 Å². The fourth-order valence-corrected chi connectivity index (χ4v) is 2.08. The molecule has 3 rings (SSSR count). The maximum Gasteiger partial charge on any atom is 0.307 e. The van der Waals surface area contributed by atoms with Crippen LogP contribution in [0.15, 0.2) is 61.1 Å². The number of benzene rings is 1. The van der Waals surface area contributed by atoms with Crippen LogP contribution in [0.25, 0.3) is 11.0 Å². The highest BCUT2D eigenvalue weighted by atomic mass is 79.9. The molecule has 0 atom stereocenters. The molecular weight excluding hydrogens is 324 g/mol. The first-order chi connectivity index (χ1) is 9.72. The quantitative estimate of drug-likeness (QED) is 0.589. The molecule has 1 N–H and O–H groups in total. The van der Waals surface area contributed by atoms with E-state index in [0.29, 0.717) is 11.3 Å². The molecule has 0 spiro atoms. The van der Waals surface area contributed by atoms with Gasteiger partial charge in [-0.05, 0) is 36.4 Å². The van der Waals surface area contributed by atoms with Gasteiger partial charge < -0.3 is 8.83 Å². The number of rotatable bonds is 3. The summed E-state index contributed by atoms with van der Waals surface area (Å²) in [5.74, 6) is 0.341. The molecule has 0 unspecified atom stereocenters. The minimum Gasteiger partial charge on any atom is -0.463 e. The lowest BCUT2D eigenvalue weighted by molar-refractivity contribution is 0.0929. The Bertz CT molecular complexity index is 775. The molecule has 0 aliphatic carbocycles. The predicted molar refractivity (Wildman–Crippen MR) is 77.7 cm³/mol. The fourth-order valence-electron chi connectivity index (χ4n) is 1.70. The summed E-state index contributed by atoms with van der Waals surface area (Å²) in [4.78, 5) is 11.9. The third-order valence-corrected chi connectivity index (χ3v) is 3.10.